The van der Waals surface area contributed by atoms with Crippen LogP contribution in [0.2, 0.25) is 0 Å². The Morgan fingerprint density at radius 3 is 1.88 bits per heavy atom. The fraction of sp³-hybridized carbons (Fsp3) is 0.810. The maximum Gasteiger partial charge on any atom is 0.326 e. The van der Waals surface area contributed by atoms with Crippen molar-refractivity contribution in [2.24, 2.45) is 23.3 Å². The molecule has 0 heterocycles. The van der Waals surface area contributed by atoms with Gasteiger partial charge in [-0.2, -0.15) is 11.8 Å². The van der Waals surface area contributed by atoms with E-state index in [2.05, 4.69) is 16.0 Å². The second kappa shape index (κ2) is 15.9. The van der Waals surface area contributed by atoms with E-state index in [-0.39, 0.29) is 11.8 Å². The van der Waals surface area contributed by atoms with Crippen LogP contribution in [-0.2, 0) is 19.2 Å². The van der Waals surface area contributed by atoms with Gasteiger partial charge in [-0.1, -0.05) is 34.1 Å². The van der Waals surface area contributed by atoms with Gasteiger partial charge in [0.2, 0.25) is 17.7 Å². The minimum absolute atomic E-state index is 0.295. The highest BCUT2D eigenvalue weighted by Crippen LogP contribution is 2.09. The third kappa shape index (κ3) is 11.1. The summed E-state index contributed by atoms with van der Waals surface area (Å²) in [5.74, 6) is -2.66. The molecule has 11 heteroatoms. The minimum atomic E-state index is -1.14. The molecular formula is C21H41N5O5S. The van der Waals surface area contributed by atoms with Crippen LogP contribution in [0.25, 0.3) is 0 Å². The van der Waals surface area contributed by atoms with Crippen LogP contribution in [0.4, 0.5) is 0 Å². The van der Waals surface area contributed by atoms with E-state index >= 15 is 0 Å². The monoisotopic (exact) mass is 475 g/mol. The Labute approximate surface area is 195 Å². The van der Waals surface area contributed by atoms with Gasteiger partial charge in [-0.3, -0.25) is 14.4 Å². The zero-order chi connectivity index (χ0) is 24.8. The number of amides is 3. The Morgan fingerprint density at radius 1 is 0.844 bits per heavy atom. The number of unbranched alkanes of at least 4 members (excludes halogenated alkanes) is 1. The van der Waals surface area contributed by atoms with Crippen LogP contribution in [0, 0.1) is 11.8 Å². The lowest BCUT2D eigenvalue weighted by atomic mass is 9.99. The first-order valence-electron chi connectivity index (χ1n) is 11.0. The molecule has 0 saturated carbocycles. The fourth-order valence-corrected chi connectivity index (χ4v) is 3.44. The van der Waals surface area contributed by atoms with Gasteiger partial charge in [0.1, 0.15) is 18.1 Å². The summed E-state index contributed by atoms with van der Waals surface area (Å²) in [7, 11) is 0. The first-order chi connectivity index (χ1) is 15.0. The van der Waals surface area contributed by atoms with E-state index < -0.39 is 47.9 Å². The van der Waals surface area contributed by atoms with Gasteiger partial charge in [-0.25, -0.2) is 4.79 Å². The number of carboxylic acid groups (broad SMARTS) is 1. The Balaban J connectivity index is 5.28. The summed E-state index contributed by atoms with van der Waals surface area (Å²) in [6, 6.07) is -3.63. The van der Waals surface area contributed by atoms with Crippen LogP contribution in [0.1, 0.15) is 53.4 Å². The lowest BCUT2D eigenvalue weighted by Gasteiger charge is -2.27. The number of nitrogens with one attached hydrogen (secondary N) is 3. The molecule has 32 heavy (non-hydrogen) atoms. The zero-order valence-corrected chi connectivity index (χ0v) is 20.7. The summed E-state index contributed by atoms with van der Waals surface area (Å²) >= 11 is 1.53. The lowest BCUT2D eigenvalue weighted by molar-refractivity contribution is -0.143. The SMILES string of the molecule is CSCCC(NC(=O)C(N)CCCCN)C(=O)NC(C(=O)NC(C(=O)O)C(C)C)C(C)C. The van der Waals surface area contributed by atoms with Gasteiger partial charge in [-0.05, 0) is 49.7 Å². The van der Waals surface area contributed by atoms with E-state index in [0.717, 1.165) is 6.42 Å². The van der Waals surface area contributed by atoms with E-state index in [1.54, 1.807) is 27.7 Å². The number of carbonyl (C=O) groups excluding carboxylic acids is 3. The summed E-state index contributed by atoms with van der Waals surface area (Å²) in [5, 5.41) is 17.2. The molecule has 0 aliphatic carbocycles. The third-order valence-corrected chi connectivity index (χ3v) is 5.67. The predicted octanol–water partition coefficient (Wildman–Crippen LogP) is 0.0468. The van der Waals surface area contributed by atoms with Crippen molar-refractivity contribution in [1.82, 2.24) is 16.0 Å². The second-order valence-corrected chi connectivity index (χ2v) is 9.52. The maximum atomic E-state index is 13.0. The van der Waals surface area contributed by atoms with Crippen molar-refractivity contribution in [2.45, 2.75) is 77.5 Å². The molecule has 0 aromatic rings. The molecule has 0 rings (SSSR count). The molecule has 3 amide bonds. The molecule has 8 N–H and O–H groups in total. The first-order valence-corrected chi connectivity index (χ1v) is 12.4. The number of hydrogen-bond donors (Lipinski definition) is 6. The molecule has 0 bridgehead atoms. The number of aliphatic carboxylic acids is 1. The summed E-state index contributed by atoms with van der Waals surface area (Å²) < 4.78 is 0. The molecule has 0 aromatic carbocycles. The average molecular weight is 476 g/mol. The van der Waals surface area contributed by atoms with Crippen molar-refractivity contribution in [3.63, 3.8) is 0 Å². The number of nitrogens with two attached hydrogens (primary N) is 2. The number of carbonyl (C=O) groups is 4. The lowest BCUT2D eigenvalue weighted by Crippen LogP contribution is -2.59. The summed E-state index contributed by atoms with van der Waals surface area (Å²) in [5.41, 5.74) is 11.4. The molecule has 0 aliphatic heterocycles. The molecule has 10 nitrogen and oxygen atoms in total. The molecule has 0 saturated heterocycles. The van der Waals surface area contributed by atoms with Gasteiger partial charge in [0.25, 0.3) is 0 Å². The summed E-state index contributed by atoms with van der Waals surface area (Å²) in [4.78, 5) is 49.6. The van der Waals surface area contributed by atoms with Gasteiger partial charge in [0.15, 0.2) is 0 Å². The van der Waals surface area contributed by atoms with Gasteiger partial charge in [0.05, 0.1) is 6.04 Å². The van der Waals surface area contributed by atoms with E-state index in [9.17, 15) is 24.3 Å². The van der Waals surface area contributed by atoms with Crippen molar-refractivity contribution in [3.8, 4) is 0 Å². The quantitative estimate of drug-likeness (QED) is 0.170. The molecular weight excluding hydrogens is 434 g/mol. The number of rotatable bonds is 16. The van der Waals surface area contributed by atoms with Crippen LogP contribution in [0.5, 0.6) is 0 Å². The molecule has 0 radical (unpaired) electrons. The van der Waals surface area contributed by atoms with Crippen LogP contribution in [0.15, 0.2) is 0 Å². The number of hydrogen-bond acceptors (Lipinski definition) is 7. The predicted molar refractivity (Wildman–Crippen MR) is 127 cm³/mol. The van der Waals surface area contributed by atoms with Gasteiger partial charge >= 0.3 is 5.97 Å². The van der Waals surface area contributed by atoms with E-state index in [4.69, 9.17) is 11.5 Å². The highest BCUT2D eigenvalue weighted by molar-refractivity contribution is 7.98. The van der Waals surface area contributed by atoms with Crippen molar-refractivity contribution in [1.29, 1.82) is 0 Å². The molecule has 0 aliphatic rings. The van der Waals surface area contributed by atoms with Crippen LogP contribution >= 0.6 is 11.8 Å². The number of thioether (sulfide) groups is 1. The maximum absolute atomic E-state index is 13.0. The first kappa shape index (κ1) is 30.1. The molecule has 0 aromatic heterocycles. The molecule has 4 atom stereocenters. The topological polar surface area (TPSA) is 177 Å². The van der Waals surface area contributed by atoms with E-state index in [1.807, 2.05) is 6.26 Å². The Kier molecular flexibility index (Phi) is 15.0. The van der Waals surface area contributed by atoms with Crippen LogP contribution in [0.3, 0.4) is 0 Å². The normalized spacial score (nSPS) is 15.0. The molecule has 0 fully saturated rings. The van der Waals surface area contributed by atoms with E-state index in [0.29, 0.717) is 31.6 Å². The molecule has 0 spiro atoms. The summed E-state index contributed by atoms with van der Waals surface area (Å²) in [6.45, 7) is 7.39. The van der Waals surface area contributed by atoms with Gasteiger partial charge in [-0.15, -0.1) is 0 Å². The molecule has 186 valence electrons. The van der Waals surface area contributed by atoms with Crippen LogP contribution in [-0.4, -0.2) is 71.5 Å². The number of carboxylic acids is 1. The standard InChI is InChI=1S/C21H41N5O5S/c1-12(2)16(20(29)26-17(13(3)4)21(30)31)25-19(28)15(9-11-32-5)24-18(27)14(23)8-6-7-10-22/h12-17H,6-11,22-23H2,1-5H3,(H,24,27)(H,25,28)(H,26,29)(H,30,31). The fourth-order valence-electron chi connectivity index (χ4n) is 2.97. The minimum Gasteiger partial charge on any atom is -0.480 e. The third-order valence-electron chi connectivity index (χ3n) is 5.03. The Morgan fingerprint density at radius 2 is 1.41 bits per heavy atom. The van der Waals surface area contributed by atoms with E-state index in [1.165, 1.54) is 11.8 Å². The van der Waals surface area contributed by atoms with Gasteiger partial charge < -0.3 is 32.5 Å². The largest absolute Gasteiger partial charge is 0.480 e. The second-order valence-electron chi connectivity index (χ2n) is 8.53. The highest BCUT2D eigenvalue weighted by atomic mass is 32.2. The van der Waals surface area contributed by atoms with Crippen molar-refractivity contribution >= 4 is 35.5 Å². The average Bonchev–Trinajstić information content (AvgIpc) is 2.71. The van der Waals surface area contributed by atoms with Crippen LogP contribution < -0.4 is 27.4 Å². The van der Waals surface area contributed by atoms with Crippen molar-refractivity contribution < 1.29 is 24.3 Å². The Bertz CT molecular complexity index is 617. The van der Waals surface area contributed by atoms with Crippen molar-refractivity contribution in [3.05, 3.63) is 0 Å². The summed E-state index contributed by atoms with van der Waals surface area (Å²) in [6.07, 6.45) is 4.18. The van der Waals surface area contributed by atoms with Crippen molar-refractivity contribution in [2.75, 3.05) is 18.6 Å². The Hall–Kier alpha value is -1.85. The highest BCUT2D eigenvalue weighted by Gasteiger charge is 2.32. The smallest absolute Gasteiger partial charge is 0.326 e. The molecule has 4 unspecified atom stereocenters. The van der Waals surface area contributed by atoms with Gasteiger partial charge in [0, 0.05) is 0 Å². The zero-order valence-electron chi connectivity index (χ0n) is 19.8.